The molecule has 0 N–H and O–H groups in total. The zero-order chi connectivity index (χ0) is 26.5. The molecule has 202 valence electrons. The summed E-state index contributed by atoms with van der Waals surface area (Å²) in [7, 11) is 0. The number of hydrogen-bond donors (Lipinski definition) is 0. The normalized spacial score (nSPS) is 23.2. The molecule has 2 aliphatic rings. The fourth-order valence-corrected chi connectivity index (χ4v) is 6.84. The molecule has 4 heteroatoms. The first-order valence-corrected chi connectivity index (χ1v) is 14.5. The minimum atomic E-state index is -0.831. The Labute approximate surface area is 225 Å². The van der Waals surface area contributed by atoms with Crippen LogP contribution in [0.2, 0.25) is 0 Å². The first-order chi connectivity index (χ1) is 18.5. The van der Waals surface area contributed by atoms with Crippen LogP contribution < -0.4 is 4.74 Å². The maximum atomic E-state index is 15.3. The van der Waals surface area contributed by atoms with Crippen molar-refractivity contribution in [3.63, 3.8) is 0 Å². The van der Waals surface area contributed by atoms with Crippen LogP contribution in [0.25, 0.3) is 11.1 Å². The summed E-state index contributed by atoms with van der Waals surface area (Å²) in [6, 6.07) is 16.7. The lowest BCUT2D eigenvalue weighted by Gasteiger charge is -2.42. The molecule has 0 radical (unpaired) electrons. The van der Waals surface area contributed by atoms with E-state index in [1.54, 1.807) is 12.1 Å². The van der Waals surface area contributed by atoms with Crippen molar-refractivity contribution >= 4 is 0 Å². The molecule has 1 nitrogen and oxygen atoms in total. The highest BCUT2D eigenvalue weighted by atomic mass is 19.1. The highest BCUT2D eigenvalue weighted by Crippen LogP contribution is 2.48. The average Bonchev–Trinajstić information content (AvgIpc) is 2.93. The van der Waals surface area contributed by atoms with Crippen molar-refractivity contribution in [3.8, 4) is 16.9 Å². The Morgan fingerprint density at radius 3 is 2.24 bits per heavy atom. The van der Waals surface area contributed by atoms with Crippen LogP contribution in [0.3, 0.4) is 0 Å². The monoisotopic (exact) mass is 520 g/mol. The Balaban J connectivity index is 1.23. The van der Waals surface area contributed by atoms with Gasteiger partial charge in [-0.1, -0.05) is 81.5 Å². The van der Waals surface area contributed by atoms with E-state index in [1.165, 1.54) is 51.4 Å². The molecule has 4 atom stereocenters. The van der Waals surface area contributed by atoms with Crippen molar-refractivity contribution in [3.05, 3.63) is 89.2 Å². The minimum Gasteiger partial charge on any atom is -0.483 e. The summed E-state index contributed by atoms with van der Waals surface area (Å²) >= 11 is 0. The van der Waals surface area contributed by atoms with Crippen molar-refractivity contribution in [1.29, 1.82) is 0 Å². The van der Waals surface area contributed by atoms with Crippen LogP contribution in [0.15, 0.2) is 60.7 Å². The van der Waals surface area contributed by atoms with Crippen molar-refractivity contribution in [1.82, 2.24) is 0 Å². The molecule has 2 saturated carbocycles. The minimum absolute atomic E-state index is 0.0554. The van der Waals surface area contributed by atoms with Gasteiger partial charge < -0.3 is 4.74 Å². The lowest BCUT2D eigenvalue weighted by molar-refractivity contribution is 0.113. The Morgan fingerprint density at radius 1 is 0.763 bits per heavy atom. The second-order valence-corrected chi connectivity index (χ2v) is 11.5. The molecular formula is C34H39F3O. The highest BCUT2D eigenvalue weighted by Gasteiger charge is 2.36. The van der Waals surface area contributed by atoms with Crippen molar-refractivity contribution in [2.24, 2.45) is 17.8 Å². The molecule has 0 spiro atoms. The number of rotatable bonds is 9. The molecule has 0 aliphatic heterocycles. The van der Waals surface area contributed by atoms with E-state index >= 15 is 4.39 Å². The van der Waals surface area contributed by atoms with Gasteiger partial charge in [0.2, 0.25) is 0 Å². The zero-order valence-corrected chi connectivity index (χ0v) is 22.4. The Bertz CT molecular complexity index is 1180. The zero-order valence-electron chi connectivity index (χ0n) is 22.4. The Kier molecular flexibility index (Phi) is 8.76. The van der Waals surface area contributed by atoms with Gasteiger partial charge in [-0.05, 0) is 90.7 Å². The molecule has 38 heavy (non-hydrogen) atoms. The fourth-order valence-electron chi connectivity index (χ4n) is 6.84. The molecule has 4 unspecified atom stereocenters. The molecule has 3 aromatic rings. The maximum Gasteiger partial charge on any atom is 0.191 e. The molecule has 0 bridgehead atoms. The summed E-state index contributed by atoms with van der Waals surface area (Å²) in [5.41, 5.74) is 2.22. The molecule has 0 saturated heterocycles. The molecule has 2 aliphatic carbocycles. The van der Waals surface area contributed by atoms with E-state index in [1.807, 2.05) is 36.4 Å². The van der Waals surface area contributed by atoms with Crippen molar-refractivity contribution in [2.75, 3.05) is 0 Å². The number of ether oxygens (including phenoxy) is 1. The van der Waals surface area contributed by atoms with Crippen LogP contribution in [0, 0.1) is 35.2 Å². The molecule has 0 amide bonds. The van der Waals surface area contributed by atoms with E-state index < -0.39 is 23.2 Å². The molecule has 0 heterocycles. The number of hydrogen-bond acceptors (Lipinski definition) is 1. The summed E-state index contributed by atoms with van der Waals surface area (Å²) in [5, 5.41) is 0. The largest absolute Gasteiger partial charge is 0.483 e. The molecule has 0 aromatic heterocycles. The molecule has 2 fully saturated rings. The fraction of sp³-hybridized carbons (Fsp3) is 0.471. The lowest BCUT2D eigenvalue weighted by Crippen LogP contribution is -2.30. The first-order valence-electron chi connectivity index (χ1n) is 14.5. The van der Waals surface area contributed by atoms with Crippen LogP contribution in [0.1, 0.15) is 88.2 Å². The number of halogens is 3. The predicted molar refractivity (Wildman–Crippen MR) is 148 cm³/mol. The van der Waals surface area contributed by atoms with Crippen LogP contribution in [-0.2, 0) is 6.61 Å². The first kappa shape index (κ1) is 26.8. The molecule has 3 aromatic carbocycles. The number of unbranched alkanes of at least 4 members (excludes halogenated alkanes) is 2. The number of benzene rings is 3. The van der Waals surface area contributed by atoms with Gasteiger partial charge in [0.1, 0.15) is 12.4 Å². The Morgan fingerprint density at radius 2 is 1.50 bits per heavy atom. The summed E-state index contributed by atoms with van der Waals surface area (Å²) in [6.07, 6.45) is 12.8. The topological polar surface area (TPSA) is 9.23 Å². The third kappa shape index (κ3) is 6.27. The predicted octanol–water partition coefficient (Wildman–Crippen LogP) is 10.2. The Hall–Kier alpha value is -2.75. The third-order valence-corrected chi connectivity index (χ3v) is 8.94. The maximum absolute atomic E-state index is 15.3. The second kappa shape index (κ2) is 12.4. The highest BCUT2D eigenvalue weighted by molar-refractivity contribution is 5.66. The second-order valence-electron chi connectivity index (χ2n) is 11.5. The van der Waals surface area contributed by atoms with Crippen LogP contribution in [0.5, 0.6) is 5.75 Å². The van der Waals surface area contributed by atoms with E-state index in [0.717, 1.165) is 53.9 Å². The summed E-state index contributed by atoms with van der Waals surface area (Å²) < 4.78 is 50.3. The smallest absolute Gasteiger partial charge is 0.191 e. The summed E-state index contributed by atoms with van der Waals surface area (Å²) in [5.74, 6) is 0.291. The van der Waals surface area contributed by atoms with E-state index in [2.05, 4.69) is 6.92 Å². The molecule has 5 rings (SSSR count). The van der Waals surface area contributed by atoms with Gasteiger partial charge in [-0.15, -0.1) is 0 Å². The van der Waals surface area contributed by atoms with Gasteiger partial charge >= 0.3 is 0 Å². The van der Waals surface area contributed by atoms with Crippen molar-refractivity contribution < 1.29 is 17.9 Å². The summed E-state index contributed by atoms with van der Waals surface area (Å²) in [4.78, 5) is 0. The van der Waals surface area contributed by atoms with Gasteiger partial charge in [-0.3, -0.25) is 0 Å². The van der Waals surface area contributed by atoms with Crippen LogP contribution in [0.4, 0.5) is 13.2 Å². The van der Waals surface area contributed by atoms with Gasteiger partial charge in [0.15, 0.2) is 17.4 Å². The van der Waals surface area contributed by atoms with Gasteiger partial charge in [0, 0.05) is 5.56 Å². The average molecular weight is 521 g/mol. The van der Waals surface area contributed by atoms with Crippen molar-refractivity contribution in [2.45, 2.75) is 83.7 Å². The van der Waals surface area contributed by atoms with E-state index in [0.29, 0.717) is 5.92 Å². The lowest BCUT2D eigenvalue weighted by atomic mass is 9.63. The SMILES string of the molecule is CCCCCC1CCC2CC(c3ccc(-c4cc(F)c(OCc5ccccc5)c(F)c4)c(F)c3)CCC2C1. The van der Waals surface area contributed by atoms with E-state index in [-0.39, 0.29) is 17.7 Å². The van der Waals surface area contributed by atoms with Gasteiger partial charge in [0.25, 0.3) is 0 Å². The standard InChI is InChI=1S/C34H39F3O/c1-2-3-5-8-23-11-12-26-18-27(14-13-25(26)17-23)28-15-16-30(31(35)19-28)29-20-32(36)34(33(37)21-29)38-22-24-9-6-4-7-10-24/h4,6-7,9-10,15-16,19-21,23,25-27H,2-3,5,8,11-14,17-18,22H2,1H3. The van der Waals surface area contributed by atoms with Gasteiger partial charge in [-0.2, -0.15) is 0 Å². The summed E-state index contributed by atoms with van der Waals surface area (Å²) in [6.45, 7) is 2.32. The quantitative estimate of drug-likeness (QED) is 0.255. The van der Waals surface area contributed by atoms with Crippen LogP contribution >= 0.6 is 0 Å². The molecular weight excluding hydrogens is 481 g/mol. The number of fused-ring (bicyclic) bond motifs is 1. The van der Waals surface area contributed by atoms with E-state index in [4.69, 9.17) is 4.74 Å². The third-order valence-electron chi connectivity index (χ3n) is 8.94. The van der Waals surface area contributed by atoms with Crippen LogP contribution in [-0.4, -0.2) is 0 Å². The van der Waals surface area contributed by atoms with Gasteiger partial charge in [-0.25, -0.2) is 13.2 Å². The van der Waals surface area contributed by atoms with E-state index in [9.17, 15) is 8.78 Å². The van der Waals surface area contributed by atoms with Gasteiger partial charge in [0.05, 0.1) is 0 Å².